The fraction of sp³-hybridized carbons (Fsp3) is 0.0213. The summed E-state index contributed by atoms with van der Waals surface area (Å²) < 4.78 is 4.47. The van der Waals surface area contributed by atoms with Crippen molar-refractivity contribution in [2.24, 2.45) is 7.05 Å². The summed E-state index contributed by atoms with van der Waals surface area (Å²) in [6.45, 7) is 0. The Kier molecular flexibility index (Phi) is 6.68. The monoisotopic (exact) mass is 652 g/mol. The minimum absolute atomic E-state index is 0.654. The second-order valence-electron chi connectivity index (χ2n) is 13.2. The van der Waals surface area contributed by atoms with Crippen LogP contribution in [0.1, 0.15) is 0 Å². The average Bonchev–Trinajstić information content (AvgIpc) is 3.69. The van der Waals surface area contributed by atoms with Crippen LogP contribution in [-0.4, -0.2) is 19.1 Å². The highest BCUT2D eigenvalue weighted by Crippen LogP contribution is 2.37. The summed E-state index contributed by atoms with van der Waals surface area (Å²) in [7, 11) is 2.14. The Morgan fingerprint density at radius 1 is 0.373 bits per heavy atom. The van der Waals surface area contributed by atoms with Gasteiger partial charge in [-0.25, -0.2) is 9.97 Å². The smallest absolute Gasteiger partial charge is 0.235 e. The molecule has 3 heterocycles. The van der Waals surface area contributed by atoms with Gasteiger partial charge >= 0.3 is 0 Å². The molecule has 0 saturated heterocycles. The SMILES string of the molecule is Cn1c2ccccc2c2cc(-c3ccc4c(c3)c3ccccc3n4-c3nccc(-c4cccc(-c5ccc(-c6ccccc6)cc5)c4)n3)ccc21. The molecule has 0 saturated carbocycles. The molecule has 0 bridgehead atoms. The van der Waals surface area contributed by atoms with E-state index in [0.29, 0.717) is 5.95 Å². The number of hydrogen-bond donors (Lipinski definition) is 0. The first-order chi connectivity index (χ1) is 25.2. The summed E-state index contributed by atoms with van der Waals surface area (Å²) in [5.74, 6) is 0.654. The van der Waals surface area contributed by atoms with Gasteiger partial charge in [-0.3, -0.25) is 4.57 Å². The van der Waals surface area contributed by atoms with E-state index in [2.05, 4.69) is 174 Å². The van der Waals surface area contributed by atoms with Crippen LogP contribution in [0.15, 0.2) is 176 Å². The standard InChI is InChI=1S/C47H32N4/c1-50-43-16-7-5-14-38(43)40-29-35(22-24-44(40)50)36-23-25-46-41(30-36)39-15-6-8-17-45(39)51(46)47-48-27-26-42(49-47)37-13-9-12-34(28-37)33-20-18-32(19-21-33)31-10-3-2-4-11-31/h2-30H,1H3. The number of aromatic nitrogens is 4. The Morgan fingerprint density at radius 2 is 0.863 bits per heavy atom. The van der Waals surface area contributed by atoms with Gasteiger partial charge in [-0.15, -0.1) is 0 Å². The van der Waals surface area contributed by atoms with Crippen molar-refractivity contribution in [2.75, 3.05) is 0 Å². The molecule has 0 aliphatic carbocycles. The Hall–Kier alpha value is -6.78. The summed E-state index contributed by atoms with van der Waals surface area (Å²) in [5.41, 5.74) is 13.7. The van der Waals surface area contributed by atoms with Gasteiger partial charge in [-0.1, -0.05) is 121 Å². The summed E-state index contributed by atoms with van der Waals surface area (Å²) in [5, 5.41) is 4.90. The van der Waals surface area contributed by atoms with Crippen molar-refractivity contribution in [1.29, 1.82) is 0 Å². The van der Waals surface area contributed by atoms with E-state index in [9.17, 15) is 0 Å². The second kappa shape index (κ2) is 11.7. The molecule has 0 amide bonds. The summed E-state index contributed by atoms with van der Waals surface area (Å²) in [6.07, 6.45) is 1.87. The largest absolute Gasteiger partial charge is 0.344 e. The predicted molar refractivity (Wildman–Crippen MR) is 212 cm³/mol. The Morgan fingerprint density at radius 3 is 1.63 bits per heavy atom. The van der Waals surface area contributed by atoms with Gasteiger partial charge in [0, 0.05) is 51.4 Å². The third kappa shape index (κ3) is 4.84. The average molecular weight is 653 g/mol. The summed E-state index contributed by atoms with van der Waals surface area (Å²) in [6, 6.07) is 60.6. The molecule has 4 heteroatoms. The zero-order chi connectivity index (χ0) is 33.9. The lowest BCUT2D eigenvalue weighted by atomic mass is 9.98. The lowest BCUT2D eigenvalue weighted by Gasteiger charge is -2.10. The first kappa shape index (κ1) is 29.2. The Balaban J connectivity index is 1.04. The topological polar surface area (TPSA) is 35.6 Å². The van der Waals surface area contributed by atoms with Crippen LogP contribution in [0.5, 0.6) is 0 Å². The van der Waals surface area contributed by atoms with Gasteiger partial charge in [0.05, 0.1) is 16.7 Å². The van der Waals surface area contributed by atoms with E-state index >= 15 is 0 Å². The van der Waals surface area contributed by atoms with E-state index in [4.69, 9.17) is 9.97 Å². The first-order valence-electron chi connectivity index (χ1n) is 17.3. The molecule has 0 radical (unpaired) electrons. The van der Waals surface area contributed by atoms with Gasteiger partial charge < -0.3 is 4.57 Å². The highest BCUT2D eigenvalue weighted by molar-refractivity contribution is 6.12. The summed E-state index contributed by atoms with van der Waals surface area (Å²) in [4.78, 5) is 9.99. The number of para-hydroxylation sites is 2. The van der Waals surface area contributed by atoms with Gasteiger partial charge in [0.2, 0.25) is 5.95 Å². The lowest BCUT2D eigenvalue weighted by Crippen LogP contribution is -2.01. The molecule has 0 aliphatic heterocycles. The molecule has 3 aromatic heterocycles. The zero-order valence-corrected chi connectivity index (χ0v) is 28.0. The minimum atomic E-state index is 0.654. The molecule has 4 nitrogen and oxygen atoms in total. The second-order valence-corrected chi connectivity index (χ2v) is 13.2. The molecule has 0 fully saturated rings. The predicted octanol–water partition coefficient (Wildman–Crippen LogP) is 11.9. The van der Waals surface area contributed by atoms with Gasteiger partial charge in [0.15, 0.2) is 0 Å². The van der Waals surface area contributed by atoms with Crippen LogP contribution in [-0.2, 0) is 7.05 Å². The van der Waals surface area contributed by atoms with E-state index in [-0.39, 0.29) is 0 Å². The van der Waals surface area contributed by atoms with Gasteiger partial charge in [-0.2, -0.15) is 0 Å². The molecule has 51 heavy (non-hydrogen) atoms. The van der Waals surface area contributed by atoms with Crippen LogP contribution < -0.4 is 0 Å². The number of nitrogens with zero attached hydrogens (tertiary/aromatic N) is 4. The Labute approximate surface area is 295 Å². The van der Waals surface area contributed by atoms with E-state index in [1.807, 2.05) is 18.3 Å². The number of rotatable bonds is 5. The van der Waals surface area contributed by atoms with Crippen LogP contribution >= 0.6 is 0 Å². The van der Waals surface area contributed by atoms with Crippen LogP contribution in [0, 0.1) is 0 Å². The van der Waals surface area contributed by atoms with Crippen LogP contribution in [0.4, 0.5) is 0 Å². The van der Waals surface area contributed by atoms with E-state index in [1.54, 1.807) is 0 Å². The fourth-order valence-corrected chi connectivity index (χ4v) is 7.68. The molecule has 10 rings (SSSR count). The fourth-order valence-electron chi connectivity index (χ4n) is 7.68. The van der Waals surface area contributed by atoms with Crippen LogP contribution in [0.3, 0.4) is 0 Å². The molecular formula is C47H32N4. The highest BCUT2D eigenvalue weighted by atomic mass is 15.2. The van der Waals surface area contributed by atoms with Crippen molar-refractivity contribution in [3.8, 4) is 50.6 Å². The van der Waals surface area contributed by atoms with Crippen molar-refractivity contribution in [1.82, 2.24) is 19.1 Å². The van der Waals surface area contributed by atoms with Crippen molar-refractivity contribution in [2.45, 2.75) is 0 Å². The molecule has 0 unspecified atom stereocenters. The molecule has 10 aromatic rings. The van der Waals surface area contributed by atoms with Gasteiger partial charge in [0.25, 0.3) is 0 Å². The number of hydrogen-bond acceptors (Lipinski definition) is 2. The maximum atomic E-state index is 5.17. The van der Waals surface area contributed by atoms with Gasteiger partial charge in [0.1, 0.15) is 0 Å². The van der Waals surface area contributed by atoms with Crippen molar-refractivity contribution >= 4 is 43.6 Å². The highest BCUT2D eigenvalue weighted by Gasteiger charge is 2.17. The molecule has 0 N–H and O–H groups in total. The molecular weight excluding hydrogens is 621 g/mol. The number of aryl methyl sites for hydroxylation is 1. The third-order valence-corrected chi connectivity index (χ3v) is 10.2. The van der Waals surface area contributed by atoms with Crippen molar-refractivity contribution in [3.05, 3.63) is 176 Å². The Bertz CT molecular complexity index is 2910. The molecule has 240 valence electrons. The van der Waals surface area contributed by atoms with Gasteiger partial charge in [-0.05, 0) is 81.9 Å². The van der Waals surface area contributed by atoms with Crippen molar-refractivity contribution in [3.63, 3.8) is 0 Å². The molecule has 7 aromatic carbocycles. The van der Waals surface area contributed by atoms with E-state index in [0.717, 1.165) is 27.9 Å². The van der Waals surface area contributed by atoms with Crippen molar-refractivity contribution < 1.29 is 0 Å². The number of benzene rings is 7. The zero-order valence-electron chi connectivity index (χ0n) is 28.0. The quantitative estimate of drug-likeness (QED) is 0.185. The first-order valence-corrected chi connectivity index (χ1v) is 17.3. The van der Waals surface area contributed by atoms with Crippen LogP contribution in [0.2, 0.25) is 0 Å². The maximum Gasteiger partial charge on any atom is 0.235 e. The molecule has 0 spiro atoms. The molecule has 0 atom stereocenters. The summed E-state index contributed by atoms with van der Waals surface area (Å²) >= 11 is 0. The molecule has 0 aliphatic rings. The number of fused-ring (bicyclic) bond motifs is 6. The normalized spacial score (nSPS) is 11.6. The lowest BCUT2D eigenvalue weighted by molar-refractivity contribution is 0.992. The van der Waals surface area contributed by atoms with E-state index in [1.165, 1.54) is 60.4 Å². The minimum Gasteiger partial charge on any atom is -0.344 e. The third-order valence-electron chi connectivity index (χ3n) is 10.2. The maximum absolute atomic E-state index is 5.17. The van der Waals surface area contributed by atoms with Crippen LogP contribution in [0.25, 0.3) is 94.2 Å². The van der Waals surface area contributed by atoms with E-state index < -0.39 is 0 Å².